The van der Waals surface area contributed by atoms with Crippen molar-refractivity contribution in [3.8, 4) is 11.5 Å². The van der Waals surface area contributed by atoms with Crippen molar-refractivity contribution in [2.45, 2.75) is 6.42 Å². The summed E-state index contributed by atoms with van der Waals surface area (Å²) in [6.45, 7) is -0.207. The maximum Gasteiger partial charge on any atom is 0.255 e. The first-order valence-corrected chi connectivity index (χ1v) is 9.08. The lowest BCUT2D eigenvalue weighted by molar-refractivity contribution is -0.119. The van der Waals surface area contributed by atoms with Crippen molar-refractivity contribution in [1.82, 2.24) is 0 Å². The SMILES string of the molecule is COc1ccc(NC(=O)c2ccc(OCC(N)=O)cc2)cc1Cc1ccccc1. The summed E-state index contributed by atoms with van der Waals surface area (Å²) in [5, 5.41) is 2.90. The predicted molar refractivity (Wildman–Crippen MR) is 111 cm³/mol. The molecule has 3 aromatic rings. The quantitative estimate of drug-likeness (QED) is 0.617. The van der Waals surface area contributed by atoms with Crippen molar-refractivity contribution in [1.29, 1.82) is 0 Å². The normalized spacial score (nSPS) is 10.2. The van der Waals surface area contributed by atoms with E-state index in [1.807, 2.05) is 42.5 Å². The number of anilines is 1. The molecule has 0 fully saturated rings. The van der Waals surface area contributed by atoms with Crippen molar-refractivity contribution in [3.63, 3.8) is 0 Å². The lowest BCUT2D eigenvalue weighted by atomic mass is 10.0. The van der Waals surface area contributed by atoms with Gasteiger partial charge in [0.05, 0.1) is 7.11 Å². The number of nitrogens with two attached hydrogens (primary N) is 1. The number of hydrogen-bond donors (Lipinski definition) is 2. The Kier molecular flexibility index (Phi) is 6.47. The van der Waals surface area contributed by atoms with Crippen LogP contribution in [0.2, 0.25) is 0 Å². The van der Waals surface area contributed by atoms with E-state index < -0.39 is 5.91 Å². The van der Waals surface area contributed by atoms with Gasteiger partial charge in [-0.1, -0.05) is 30.3 Å². The van der Waals surface area contributed by atoms with E-state index in [2.05, 4.69) is 5.32 Å². The maximum atomic E-state index is 12.6. The first-order chi connectivity index (χ1) is 14.0. The van der Waals surface area contributed by atoms with Gasteiger partial charge >= 0.3 is 0 Å². The van der Waals surface area contributed by atoms with E-state index in [0.717, 1.165) is 16.9 Å². The molecule has 0 saturated carbocycles. The minimum Gasteiger partial charge on any atom is -0.496 e. The topological polar surface area (TPSA) is 90.7 Å². The largest absolute Gasteiger partial charge is 0.496 e. The predicted octanol–water partition coefficient (Wildman–Crippen LogP) is 3.40. The van der Waals surface area contributed by atoms with Crippen LogP contribution in [0.25, 0.3) is 0 Å². The number of methoxy groups -OCH3 is 1. The van der Waals surface area contributed by atoms with Crippen LogP contribution < -0.4 is 20.5 Å². The Labute approximate surface area is 169 Å². The van der Waals surface area contributed by atoms with Gasteiger partial charge in [-0.2, -0.15) is 0 Å². The van der Waals surface area contributed by atoms with Gasteiger partial charge < -0.3 is 20.5 Å². The van der Waals surface area contributed by atoms with Gasteiger partial charge in [0.25, 0.3) is 11.8 Å². The number of rotatable bonds is 8. The fourth-order valence-electron chi connectivity index (χ4n) is 2.87. The second-order valence-electron chi connectivity index (χ2n) is 6.42. The van der Waals surface area contributed by atoms with Crippen LogP contribution >= 0.6 is 0 Å². The third kappa shape index (κ3) is 5.59. The first-order valence-electron chi connectivity index (χ1n) is 9.08. The molecule has 0 spiro atoms. The second-order valence-corrected chi connectivity index (χ2v) is 6.42. The van der Waals surface area contributed by atoms with Crippen LogP contribution in [-0.4, -0.2) is 25.5 Å². The summed E-state index contributed by atoms with van der Waals surface area (Å²) in [6.07, 6.45) is 0.694. The minimum absolute atomic E-state index is 0.207. The van der Waals surface area contributed by atoms with E-state index in [4.69, 9.17) is 15.2 Å². The number of carbonyl (C=O) groups is 2. The number of hydrogen-bond acceptors (Lipinski definition) is 4. The van der Waals surface area contributed by atoms with Crippen LogP contribution in [0.5, 0.6) is 11.5 Å². The van der Waals surface area contributed by atoms with Gasteiger partial charge in [0.15, 0.2) is 6.61 Å². The fraction of sp³-hybridized carbons (Fsp3) is 0.130. The number of primary amides is 1. The highest BCUT2D eigenvalue weighted by molar-refractivity contribution is 6.04. The summed E-state index contributed by atoms with van der Waals surface area (Å²) in [4.78, 5) is 23.3. The highest BCUT2D eigenvalue weighted by Crippen LogP contribution is 2.26. The molecule has 0 aliphatic heterocycles. The summed E-state index contributed by atoms with van der Waals surface area (Å²) in [5.41, 5.74) is 8.33. The molecule has 0 atom stereocenters. The number of amides is 2. The zero-order chi connectivity index (χ0) is 20.6. The van der Waals surface area contributed by atoms with E-state index >= 15 is 0 Å². The number of nitrogens with one attached hydrogen (secondary N) is 1. The maximum absolute atomic E-state index is 12.6. The van der Waals surface area contributed by atoms with E-state index in [1.54, 1.807) is 37.4 Å². The second kappa shape index (κ2) is 9.41. The lowest BCUT2D eigenvalue weighted by Gasteiger charge is -2.12. The summed E-state index contributed by atoms with van der Waals surface area (Å²) < 4.78 is 10.7. The zero-order valence-corrected chi connectivity index (χ0v) is 16.1. The van der Waals surface area contributed by atoms with Gasteiger partial charge in [0.1, 0.15) is 11.5 Å². The summed E-state index contributed by atoms with van der Waals surface area (Å²) in [6, 6.07) is 22.1. The molecule has 3 N–H and O–H groups in total. The Morgan fingerprint density at radius 1 is 0.966 bits per heavy atom. The molecule has 0 aliphatic carbocycles. The van der Waals surface area contributed by atoms with Gasteiger partial charge in [-0.25, -0.2) is 0 Å². The lowest BCUT2D eigenvalue weighted by Crippen LogP contribution is -2.20. The van der Waals surface area contributed by atoms with Crippen molar-refractivity contribution in [2.24, 2.45) is 5.73 Å². The molecular weight excluding hydrogens is 368 g/mol. The summed E-state index contributed by atoms with van der Waals surface area (Å²) in [5.74, 6) is 0.428. The average Bonchev–Trinajstić information content (AvgIpc) is 2.73. The Morgan fingerprint density at radius 2 is 1.69 bits per heavy atom. The van der Waals surface area contributed by atoms with Gasteiger partial charge in [-0.15, -0.1) is 0 Å². The Bertz CT molecular complexity index is 986. The van der Waals surface area contributed by atoms with Gasteiger partial charge in [0.2, 0.25) is 0 Å². The molecule has 0 heterocycles. The van der Waals surface area contributed by atoms with Crippen molar-refractivity contribution < 1.29 is 19.1 Å². The minimum atomic E-state index is -0.558. The number of benzene rings is 3. The molecule has 3 rings (SSSR count). The summed E-state index contributed by atoms with van der Waals surface area (Å²) >= 11 is 0. The molecule has 6 nitrogen and oxygen atoms in total. The standard InChI is InChI=1S/C23H22N2O4/c1-28-21-12-9-19(14-18(21)13-16-5-3-2-4-6-16)25-23(27)17-7-10-20(11-8-17)29-15-22(24)26/h2-12,14H,13,15H2,1H3,(H2,24,26)(H,25,27). The highest BCUT2D eigenvalue weighted by atomic mass is 16.5. The highest BCUT2D eigenvalue weighted by Gasteiger charge is 2.10. The van der Waals surface area contributed by atoms with Gasteiger partial charge in [0, 0.05) is 23.2 Å². The molecule has 0 aliphatic rings. The molecule has 29 heavy (non-hydrogen) atoms. The number of carbonyl (C=O) groups excluding carboxylic acids is 2. The number of ether oxygens (including phenoxy) is 2. The molecular formula is C23H22N2O4. The average molecular weight is 390 g/mol. The van der Waals surface area contributed by atoms with Crippen LogP contribution in [0.15, 0.2) is 72.8 Å². The third-order valence-electron chi connectivity index (χ3n) is 4.27. The Morgan fingerprint density at radius 3 is 2.34 bits per heavy atom. The Balaban J connectivity index is 1.71. The van der Waals surface area contributed by atoms with Crippen LogP contribution in [0.1, 0.15) is 21.5 Å². The molecule has 0 bridgehead atoms. The van der Waals surface area contributed by atoms with E-state index in [0.29, 0.717) is 23.4 Å². The smallest absolute Gasteiger partial charge is 0.255 e. The third-order valence-corrected chi connectivity index (χ3v) is 4.27. The van der Waals surface area contributed by atoms with Crippen LogP contribution in [-0.2, 0) is 11.2 Å². The van der Waals surface area contributed by atoms with Crippen LogP contribution in [0, 0.1) is 0 Å². The Hall–Kier alpha value is -3.80. The molecule has 0 unspecified atom stereocenters. The van der Waals surface area contributed by atoms with Gasteiger partial charge in [-0.05, 0) is 48.0 Å². The van der Waals surface area contributed by atoms with Crippen LogP contribution in [0.3, 0.4) is 0 Å². The van der Waals surface area contributed by atoms with E-state index in [-0.39, 0.29) is 12.5 Å². The molecule has 0 radical (unpaired) electrons. The van der Waals surface area contributed by atoms with Crippen LogP contribution in [0.4, 0.5) is 5.69 Å². The van der Waals surface area contributed by atoms with E-state index in [1.165, 1.54) is 0 Å². The summed E-state index contributed by atoms with van der Waals surface area (Å²) in [7, 11) is 1.63. The molecule has 0 saturated heterocycles. The molecule has 3 aromatic carbocycles. The monoisotopic (exact) mass is 390 g/mol. The molecule has 0 aromatic heterocycles. The van der Waals surface area contributed by atoms with Gasteiger partial charge in [-0.3, -0.25) is 9.59 Å². The van der Waals surface area contributed by atoms with E-state index in [9.17, 15) is 9.59 Å². The first kappa shape index (κ1) is 19.9. The molecule has 2 amide bonds. The zero-order valence-electron chi connectivity index (χ0n) is 16.1. The molecule has 148 valence electrons. The van der Waals surface area contributed by atoms with Crippen molar-refractivity contribution >= 4 is 17.5 Å². The fourth-order valence-corrected chi connectivity index (χ4v) is 2.87. The molecule has 6 heteroatoms. The van der Waals surface area contributed by atoms with Crippen molar-refractivity contribution in [3.05, 3.63) is 89.5 Å². The van der Waals surface area contributed by atoms with Crippen molar-refractivity contribution in [2.75, 3.05) is 19.0 Å².